The third kappa shape index (κ3) is 3.55. The molecule has 1 heterocycles. The molecule has 1 N–H and O–H groups in total. The van der Waals surface area contributed by atoms with Crippen LogP contribution in [0.5, 0.6) is 0 Å². The third-order valence-electron chi connectivity index (χ3n) is 4.56. The molecule has 0 unspecified atom stereocenters. The van der Waals surface area contributed by atoms with Gasteiger partial charge in [-0.15, -0.1) is 0 Å². The Morgan fingerprint density at radius 2 is 1.72 bits per heavy atom. The van der Waals surface area contributed by atoms with E-state index in [9.17, 15) is 14.0 Å². The van der Waals surface area contributed by atoms with Crippen LogP contribution in [0.25, 0.3) is 0 Å². The van der Waals surface area contributed by atoms with Crippen LogP contribution in [0.2, 0.25) is 0 Å². The van der Waals surface area contributed by atoms with Gasteiger partial charge in [-0.1, -0.05) is 17.7 Å². The molecule has 4 nitrogen and oxygen atoms in total. The second kappa shape index (κ2) is 6.67. The zero-order valence-corrected chi connectivity index (χ0v) is 14.6. The molecule has 0 aliphatic carbocycles. The van der Waals surface area contributed by atoms with Crippen LogP contribution in [-0.4, -0.2) is 18.4 Å². The molecule has 0 saturated carbocycles. The Morgan fingerprint density at radius 3 is 2.32 bits per heavy atom. The summed E-state index contributed by atoms with van der Waals surface area (Å²) in [5.74, 6) is -1.05. The fourth-order valence-corrected chi connectivity index (χ4v) is 3.36. The molecule has 2 aromatic rings. The molecule has 1 aliphatic heterocycles. The standard InChI is InChI=1S/C20H21FN2O2/c1-12-8-13(2)19(14(3)9-12)22-20(25)15-10-18(24)23(11-15)17-6-4-16(21)5-7-17/h4-9,15H,10-11H2,1-3H3,(H,22,25)/t15-/m0/s1. The fourth-order valence-electron chi connectivity index (χ4n) is 3.36. The van der Waals surface area contributed by atoms with E-state index in [2.05, 4.69) is 5.32 Å². The monoisotopic (exact) mass is 340 g/mol. The predicted octanol–water partition coefficient (Wildman–Crippen LogP) is 3.74. The summed E-state index contributed by atoms with van der Waals surface area (Å²) in [6.45, 7) is 6.24. The van der Waals surface area contributed by atoms with Crippen molar-refractivity contribution in [2.24, 2.45) is 5.92 Å². The lowest BCUT2D eigenvalue weighted by Crippen LogP contribution is -2.28. The molecular weight excluding hydrogens is 319 g/mol. The minimum atomic E-state index is -0.419. The topological polar surface area (TPSA) is 49.4 Å². The van der Waals surface area contributed by atoms with Gasteiger partial charge >= 0.3 is 0 Å². The van der Waals surface area contributed by atoms with E-state index in [0.717, 1.165) is 22.4 Å². The van der Waals surface area contributed by atoms with Gasteiger partial charge in [0.2, 0.25) is 11.8 Å². The second-order valence-electron chi connectivity index (χ2n) is 6.64. The quantitative estimate of drug-likeness (QED) is 0.925. The first-order valence-corrected chi connectivity index (χ1v) is 8.30. The van der Waals surface area contributed by atoms with E-state index in [1.54, 1.807) is 17.0 Å². The molecule has 1 atom stereocenters. The van der Waals surface area contributed by atoms with Crippen molar-refractivity contribution in [2.45, 2.75) is 27.2 Å². The fraction of sp³-hybridized carbons (Fsp3) is 0.300. The number of carbonyl (C=O) groups is 2. The first kappa shape index (κ1) is 17.1. The molecule has 1 fully saturated rings. The molecule has 5 heteroatoms. The Balaban J connectivity index is 1.74. The molecule has 1 aliphatic rings. The molecule has 2 amide bonds. The van der Waals surface area contributed by atoms with E-state index < -0.39 is 5.92 Å². The molecule has 0 radical (unpaired) electrons. The SMILES string of the molecule is Cc1cc(C)c(NC(=O)[C@H]2CC(=O)N(c3ccc(F)cc3)C2)c(C)c1. The van der Waals surface area contributed by atoms with Crippen molar-refractivity contribution < 1.29 is 14.0 Å². The number of nitrogens with one attached hydrogen (secondary N) is 1. The van der Waals surface area contributed by atoms with Gasteiger partial charge in [0.25, 0.3) is 0 Å². The molecule has 25 heavy (non-hydrogen) atoms. The van der Waals surface area contributed by atoms with Crippen LogP contribution in [-0.2, 0) is 9.59 Å². The lowest BCUT2D eigenvalue weighted by Gasteiger charge is -2.18. The minimum absolute atomic E-state index is 0.121. The zero-order valence-electron chi connectivity index (χ0n) is 14.6. The number of carbonyl (C=O) groups excluding carboxylic acids is 2. The highest BCUT2D eigenvalue weighted by molar-refractivity contribution is 6.03. The molecular formula is C20H21FN2O2. The minimum Gasteiger partial charge on any atom is -0.325 e. The second-order valence-corrected chi connectivity index (χ2v) is 6.64. The number of hydrogen-bond donors (Lipinski definition) is 1. The van der Waals surface area contributed by atoms with E-state index >= 15 is 0 Å². The Morgan fingerprint density at radius 1 is 1.12 bits per heavy atom. The van der Waals surface area contributed by atoms with Crippen molar-refractivity contribution in [1.82, 2.24) is 0 Å². The summed E-state index contributed by atoms with van der Waals surface area (Å²) in [7, 11) is 0. The number of anilines is 2. The normalized spacial score (nSPS) is 17.0. The number of halogens is 1. The van der Waals surface area contributed by atoms with Gasteiger partial charge in [-0.3, -0.25) is 9.59 Å². The van der Waals surface area contributed by atoms with Crippen LogP contribution in [0.4, 0.5) is 15.8 Å². The first-order valence-electron chi connectivity index (χ1n) is 8.30. The molecule has 130 valence electrons. The van der Waals surface area contributed by atoms with Crippen molar-refractivity contribution in [2.75, 3.05) is 16.8 Å². The van der Waals surface area contributed by atoms with Gasteiger partial charge in [-0.25, -0.2) is 4.39 Å². The number of nitrogens with zero attached hydrogens (tertiary/aromatic N) is 1. The van der Waals surface area contributed by atoms with Crippen LogP contribution < -0.4 is 10.2 Å². The van der Waals surface area contributed by atoms with Gasteiger partial charge in [0.1, 0.15) is 5.82 Å². The summed E-state index contributed by atoms with van der Waals surface area (Å²) in [5.41, 5.74) is 4.58. The van der Waals surface area contributed by atoms with Crippen LogP contribution in [0.1, 0.15) is 23.1 Å². The summed E-state index contributed by atoms with van der Waals surface area (Å²) in [5, 5.41) is 2.97. The van der Waals surface area contributed by atoms with Crippen molar-refractivity contribution in [3.63, 3.8) is 0 Å². The van der Waals surface area contributed by atoms with Crippen molar-refractivity contribution in [3.8, 4) is 0 Å². The largest absolute Gasteiger partial charge is 0.325 e. The lowest BCUT2D eigenvalue weighted by molar-refractivity contribution is -0.122. The van der Waals surface area contributed by atoms with Gasteiger partial charge < -0.3 is 10.2 Å². The van der Waals surface area contributed by atoms with E-state index in [1.165, 1.54) is 12.1 Å². The molecule has 2 aromatic carbocycles. The molecule has 0 bridgehead atoms. The van der Waals surface area contributed by atoms with Gasteiger partial charge in [-0.05, 0) is 56.2 Å². The highest BCUT2D eigenvalue weighted by Crippen LogP contribution is 2.28. The van der Waals surface area contributed by atoms with E-state index in [1.807, 2.05) is 32.9 Å². The summed E-state index contributed by atoms with van der Waals surface area (Å²) in [6.07, 6.45) is 0.160. The van der Waals surface area contributed by atoms with Crippen LogP contribution in [0.15, 0.2) is 36.4 Å². The number of aryl methyl sites for hydroxylation is 3. The smallest absolute Gasteiger partial charge is 0.229 e. The Kier molecular flexibility index (Phi) is 4.57. The average Bonchev–Trinajstić information content (AvgIpc) is 2.93. The van der Waals surface area contributed by atoms with Crippen LogP contribution in [0.3, 0.4) is 0 Å². The van der Waals surface area contributed by atoms with Crippen molar-refractivity contribution in [3.05, 3.63) is 58.9 Å². The zero-order chi connectivity index (χ0) is 18.1. The number of amides is 2. The van der Waals surface area contributed by atoms with Crippen molar-refractivity contribution in [1.29, 1.82) is 0 Å². The van der Waals surface area contributed by atoms with Crippen LogP contribution in [0, 0.1) is 32.5 Å². The van der Waals surface area contributed by atoms with E-state index in [-0.39, 0.29) is 24.1 Å². The number of benzene rings is 2. The maximum atomic E-state index is 13.1. The maximum Gasteiger partial charge on any atom is 0.229 e. The predicted molar refractivity (Wildman–Crippen MR) is 96.1 cm³/mol. The van der Waals surface area contributed by atoms with Gasteiger partial charge in [0.05, 0.1) is 5.92 Å². The van der Waals surface area contributed by atoms with Gasteiger partial charge in [-0.2, -0.15) is 0 Å². The van der Waals surface area contributed by atoms with E-state index in [4.69, 9.17) is 0 Å². The van der Waals surface area contributed by atoms with Crippen molar-refractivity contribution >= 4 is 23.2 Å². The highest BCUT2D eigenvalue weighted by Gasteiger charge is 2.35. The summed E-state index contributed by atoms with van der Waals surface area (Å²) in [6, 6.07) is 9.79. The van der Waals surface area contributed by atoms with Gasteiger partial charge in [0.15, 0.2) is 0 Å². The summed E-state index contributed by atoms with van der Waals surface area (Å²) >= 11 is 0. The number of hydrogen-bond acceptors (Lipinski definition) is 2. The summed E-state index contributed by atoms with van der Waals surface area (Å²) < 4.78 is 13.1. The molecule has 0 aromatic heterocycles. The average molecular weight is 340 g/mol. The van der Waals surface area contributed by atoms with Gasteiger partial charge in [0, 0.05) is 24.3 Å². The number of rotatable bonds is 3. The summed E-state index contributed by atoms with van der Waals surface area (Å²) in [4.78, 5) is 26.4. The third-order valence-corrected chi connectivity index (χ3v) is 4.56. The Hall–Kier alpha value is -2.69. The maximum absolute atomic E-state index is 13.1. The molecule has 3 rings (SSSR count). The lowest BCUT2D eigenvalue weighted by atomic mass is 10.0. The Bertz CT molecular complexity index is 807. The molecule has 1 saturated heterocycles. The highest BCUT2D eigenvalue weighted by atomic mass is 19.1. The molecule has 0 spiro atoms. The first-order chi connectivity index (χ1) is 11.8. The van der Waals surface area contributed by atoms with E-state index in [0.29, 0.717) is 12.2 Å². The Labute approximate surface area is 146 Å². The van der Waals surface area contributed by atoms with Crippen LogP contribution >= 0.6 is 0 Å².